The number of esters is 1. The molecule has 0 unspecified atom stereocenters. The van der Waals surface area contributed by atoms with Crippen molar-refractivity contribution in [3.63, 3.8) is 0 Å². The van der Waals surface area contributed by atoms with Crippen LogP contribution in [0.4, 0.5) is 4.39 Å². The van der Waals surface area contributed by atoms with Crippen LogP contribution >= 0.6 is 0 Å². The van der Waals surface area contributed by atoms with Gasteiger partial charge in [0.05, 0.1) is 18.9 Å². The number of aliphatic hydroxyl groups excluding tert-OH is 1. The maximum Gasteiger partial charge on any atom is 0.306 e. The number of Topliss-reactive ketones (excluding diaryl/α,β-unsaturated/α-hetero) is 1. The van der Waals surface area contributed by atoms with Crippen LogP contribution in [-0.2, 0) is 23.9 Å². The summed E-state index contributed by atoms with van der Waals surface area (Å²) in [4.78, 5) is 47.6. The summed E-state index contributed by atoms with van der Waals surface area (Å²) in [6, 6.07) is 0. The summed E-state index contributed by atoms with van der Waals surface area (Å²) < 4.78 is 20.5. The Morgan fingerprint density at radius 1 is 1.21 bits per heavy atom. The Bertz CT molecular complexity index is 970. The second-order valence-corrected chi connectivity index (χ2v) is 11.1. The van der Waals surface area contributed by atoms with Crippen LogP contribution in [0.2, 0.25) is 0 Å². The van der Waals surface area contributed by atoms with Gasteiger partial charge in [-0.25, -0.2) is 4.39 Å². The number of carbonyl (C=O) groups is 4. The minimum atomic E-state index is -1.28. The SMILES string of the molecule is C[C@@H]1C[C@H]2[C@@H]3C[C@H](F)C4=CC(=O)C=C[C@]4(C)[C@H]3[C@@H](O)C[C@]2(C)[C@H]1C(=O)COC(=O)CCC(=O)O. The molecule has 4 aliphatic rings. The molecule has 7 nitrogen and oxygen atoms in total. The van der Waals surface area contributed by atoms with Crippen molar-refractivity contribution < 1.29 is 38.5 Å². The number of hydrogen-bond donors (Lipinski definition) is 2. The van der Waals surface area contributed by atoms with Crippen LogP contribution in [0.3, 0.4) is 0 Å². The Hall–Kier alpha value is -2.35. The molecule has 0 aromatic carbocycles. The van der Waals surface area contributed by atoms with Gasteiger partial charge in [-0.3, -0.25) is 19.2 Å². The van der Waals surface area contributed by atoms with Gasteiger partial charge in [-0.05, 0) is 60.2 Å². The predicted octanol–water partition coefficient (Wildman–Crippen LogP) is 3.05. The number of fused-ring (bicyclic) bond motifs is 5. The van der Waals surface area contributed by atoms with Crippen LogP contribution in [0.25, 0.3) is 0 Å². The van der Waals surface area contributed by atoms with Gasteiger partial charge in [0.2, 0.25) is 0 Å². The molecule has 34 heavy (non-hydrogen) atoms. The van der Waals surface area contributed by atoms with E-state index in [0.717, 1.165) is 0 Å². The van der Waals surface area contributed by atoms with Gasteiger partial charge in [0.1, 0.15) is 12.8 Å². The van der Waals surface area contributed by atoms with Crippen LogP contribution in [0.5, 0.6) is 0 Å². The standard InChI is InChI=1S/C26H33FO7/c1-13-8-16-15-10-18(27)17-9-14(28)6-7-25(17,2)24(15)19(29)11-26(16,3)23(13)20(30)12-34-22(33)5-4-21(31)32/h6-7,9,13,15-16,18-19,23-24,29H,4-5,8,10-12H2,1-3H3,(H,31,32)/t13-,15+,16+,18+,19+,23-,24-,25+,26+/m1/s1. The van der Waals surface area contributed by atoms with E-state index in [-0.39, 0.29) is 54.5 Å². The lowest BCUT2D eigenvalue weighted by Crippen LogP contribution is -2.58. The first kappa shape index (κ1) is 24.8. The van der Waals surface area contributed by atoms with E-state index in [0.29, 0.717) is 18.4 Å². The fraction of sp³-hybridized carbons (Fsp3) is 0.692. The molecule has 0 aromatic heterocycles. The molecule has 0 aromatic rings. The van der Waals surface area contributed by atoms with Crippen molar-refractivity contribution in [2.75, 3.05) is 6.61 Å². The van der Waals surface area contributed by atoms with Gasteiger partial charge in [-0.2, -0.15) is 0 Å². The Morgan fingerprint density at radius 2 is 1.91 bits per heavy atom. The molecule has 0 amide bonds. The van der Waals surface area contributed by atoms with Crippen molar-refractivity contribution in [2.24, 2.45) is 40.4 Å². The smallest absolute Gasteiger partial charge is 0.306 e. The highest BCUT2D eigenvalue weighted by Crippen LogP contribution is 2.67. The molecule has 0 bridgehead atoms. The Kier molecular flexibility index (Phi) is 6.34. The maximum absolute atomic E-state index is 15.4. The quantitative estimate of drug-likeness (QED) is 0.566. The zero-order valence-electron chi connectivity index (χ0n) is 19.8. The molecule has 8 heteroatoms. The molecule has 0 heterocycles. The first-order valence-electron chi connectivity index (χ1n) is 12.1. The molecule has 4 rings (SSSR count). The van der Waals surface area contributed by atoms with Crippen molar-refractivity contribution in [2.45, 2.75) is 65.2 Å². The molecule has 4 aliphatic carbocycles. The van der Waals surface area contributed by atoms with Crippen molar-refractivity contribution >= 4 is 23.5 Å². The lowest BCUT2D eigenvalue weighted by Gasteiger charge is -2.59. The lowest BCUT2D eigenvalue weighted by atomic mass is 9.46. The minimum Gasteiger partial charge on any atom is -0.481 e. The fourth-order valence-electron chi connectivity index (χ4n) is 7.91. The highest BCUT2D eigenvalue weighted by atomic mass is 19.1. The van der Waals surface area contributed by atoms with Crippen LogP contribution < -0.4 is 0 Å². The number of halogens is 1. The number of alkyl halides is 1. The van der Waals surface area contributed by atoms with Crippen molar-refractivity contribution in [3.8, 4) is 0 Å². The van der Waals surface area contributed by atoms with Crippen LogP contribution in [0.1, 0.15) is 52.9 Å². The van der Waals surface area contributed by atoms with E-state index in [1.54, 1.807) is 6.08 Å². The average Bonchev–Trinajstić information content (AvgIpc) is 3.01. The van der Waals surface area contributed by atoms with Crippen LogP contribution in [0, 0.1) is 40.4 Å². The first-order chi connectivity index (χ1) is 15.9. The molecule has 2 N–H and O–H groups in total. The van der Waals surface area contributed by atoms with Crippen molar-refractivity contribution in [1.82, 2.24) is 0 Å². The third-order valence-corrected chi connectivity index (χ3v) is 9.08. The van der Waals surface area contributed by atoms with Gasteiger partial charge in [0.25, 0.3) is 0 Å². The fourth-order valence-corrected chi connectivity index (χ4v) is 7.91. The number of carbonyl (C=O) groups excluding carboxylic acids is 3. The lowest BCUT2D eigenvalue weighted by molar-refractivity contribution is -0.156. The van der Waals surface area contributed by atoms with E-state index >= 15 is 4.39 Å². The van der Waals surface area contributed by atoms with Crippen LogP contribution in [0.15, 0.2) is 23.8 Å². The Balaban J connectivity index is 1.56. The number of carboxylic acids is 1. The number of ketones is 2. The molecule has 9 atom stereocenters. The number of ether oxygens (including phenoxy) is 1. The second-order valence-electron chi connectivity index (χ2n) is 11.1. The molecule has 0 saturated heterocycles. The number of aliphatic hydroxyl groups is 1. The number of allylic oxidation sites excluding steroid dienone is 4. The number of rotatable bonds is 6. The van der Waals surface area contributed by atoms with Gasteiger partial charge in [0.15, 0.2) is 11.6 Å². The van der Waals surface area contributed by atoms with E-state index in [2.05, 4.69) is 0 Å². The van der Waals surface area contributed by atoms with E-state index in [1.807, 2.05) is 20.8 Å². The molecule has 0 aliphatic heterocycles. The number of aliphatic carboxylic acids is 1. The largest absolute Gasteiger partial charge is 0.481 e. The number of hydrogen-bond acceptors (Lipinski definition) is 6. The number of carboxylic acid groups (broad SMARTS) is 1. The molecule has 3 saturated carbocycles. The van der Waals surface area contributed by atoms with Gasteiger partial charge >= 0.3 is 11.9 Å². The molecular formula is C26H33FO7. The van der Waals surface area contributed by atoms with Crippen molar-refractivity contribution in [3.05, 3.63) is 23.8 Å². The van der Waals surface area contributed by atoms with Gasteiger partial charge in [0, 0.05) is 17.3 Å². The Labute approximate surface area is 198 Å². The van der Waals surface area contributed by atoms with E-state index in [1.165, 1.54) is 12.2 Å². The van der Waals surface area contributed by atoms with E-state index in [9.17, 15) is 24.3 Å². The summed E-state index contributed by atoms with van der Waals surface area (Å²) in [5.74, 6) is -3.19. The van der Waals surface area contributed by atoms with Gasteiger partial charge < -0.3 is 14.9 Å². The van der Waals surface area contributed by atoms with Gasteiger partial charge in [-0.15, -0.1) is 0 Å². The average molecular weight is 477 g/mol. The highest BCUT2D eigenvalue weighted by molar-refractivity contribution is 6.01. The Morgan fingerprint density at radius 3 is 2.59 bits per heavy atom. The monoisotopic (exact) mass is 476 g/mol. The van der Waals surface area contributed by atoms with Gasteiger partial charge in [-0.1, -0.05) is 26.8 Å². The summed E-state index contributed by atoms with van der Waals surface area (Å²) in [7, 11) is 0. The first-order valence-corrected chi connectivity index (χ1v) is 12.1. The summed E-state index contributed by atoms with van der Waals surface area (Å²) >= 11 is 0. The topological polar surface area (TPSA) is 118 Å². The molecule has 186 valence electrons. The summed E-state index contributed by atoms with van der Waals surface area (Å²) in [5.41, 5.74) is -0.881. The zero-order valence-corrected chi connectivity index (χ0v) is 19.8. The molecule has 0 spiro atoms. The van der Waals surface area contributed by atoms with E-state index in [4.69, 9.17) is 9.84 Å². The summed E-state index contributed by atoms with van der Waals surface area (Å²) in [5, 5.41) is 20.1. The minimum absolute atomic E-state index is 0.00946. The normalized spacial score (nSPS) is 42.8. The third kappa shape index (κ3) is 3.93. The molecule has 0 radical (unpaired) electrons. The van der Waals surface area contributed by atoms with Crippen molar-refractivity contribution in [1.29, 1.82) is 0 Å². The molecule has 3 fully saturated rings. The van der Waals surface area contributed by atoms with E-state index < -0.39 is 47.6 Å². The second kappa shape index (κ2) is 8.70. The maximum atomic E-state index is 15.4. The van der Waals surface area contributed by atoms with Crippen LogP contribution in [-0.4, -0.2) is 52.6 Å². The third-order valence-electron chi connectivity index (χ3n) is 9.08. The highest BCUT2D eigenvalue weighted by Gasteiger charge is 2.65. The molecular weight excluding hydrogens is 443 g/mol. The summed E-state index contributed by atoms with van der Waals surface area (Å²) in [6.07, 6.45) is 3.16. The summed E-state index contributed by atoms with van der Waals surface area (Å²) in [6.45, 7) is 5.42. The predicted molar refractivity (Wildman–Crippen MR) is 119 cm³/mol. The zero-order chi connectivity index (χ0) is 25.0.